The zero-order valence-corrected chi connectivity index (χ0v) is 11.7. The SMILES string of the molecule is CCCNC1CCC(CCC)CC1n1cncn1. The largest absolute Gasteiger partial charge is 0.312 e. The van der Waals surface area contributed by atoms with E-state index in [1.807, 2.05) is 6.33 Å². The topological polar surface area (TPSA) is 42.7 Å². The molecule has 1 aromatic heterocycles. The number of nitrogens with one attached hydrogen (secondary N) is 1. The Balaban J connectivity index is 2.01. The van der Waals surface area contributed by atoms with Crippen LogP contribution in [0.3, 0.4) is 0 Å². The van der Waals surface area contributed by atoms with E-state index in [-0.39, 0.29) is 0 Å². The van der Waals surface area contributed by atoms with E-state index in [0.29, 0.717) is 12.1 Å². The molecule has 1 aliphatic carbocycles. The molecule has 0 amide bonds. The molecule has 1 fully saturated rings. The molecule has 2 rings (SSSR count). The van der Waals surface area contributed by atoms with Gasteiger partial charge in [0.2, 0.25) is 0 Å². The van der Waals surface area contributed by atoms with Crippen LogP contribution in [0.2, 0.25) is 0 Å². The standard InChI is InChI=1S/C14H26N4/c1-3-5-12-6-7-13(16-8-4-2)14(9-12)18-11-15-10-17-18/h10-14,16H,3-9H2,1-2H3. The number of aromatic nitrogens is 3. The van der Waals surface area contributed by atoms with Gasteiger partial charge in [-0.1, -0.05) is 26.7 Å². The van der Waals surface area contributed by atoms with Crippen LogP contribution in [0, 0.1) is 5.92 Å². The zero-order chi connectivity index (χ0) is 12.8. The highest BCUT2D eigenvalue weighted by Crippen LogP contribution is 2.34. The molecular weight excluding hydrogens is 224 g/mol. The normalized spacial score (nSPS) is 28.4. The molecule has 3 unspecified atom stereocenters. The van der Waals surface area contributed by atoms with E-state index in [2.05, 4.69) is 33.9 Å². The molecule has 0 aliphatic heterocycles. The first-order chi connectivity index (χ1) is 8.85. The Morgan fingerprint density at radius 2 is 2.17 bits per heavy atom. The van der Waals surface area contributed by atoms with Crippen molar-refractivity contribution in [1.82, 2.24) is 20.1 Å². The lowest BCUT2D eigenvalue weighted by Crippen LogP contribution is -2.42. The van der Waals surface area contributed by atoms with Gasteiger partial charge in [-0.05, 0) is 38.1 Å². The van der Waals surface area contributed by atoms with E-state index in [1.165, 1.54) is 38.5 Å². The van der Waals surface area contributed by atoms with Gasteiger partial charge in [-0.15, -0.1) is 0 Å². The summed E-state index contributed by atoms with van der Waals surface area (Å²) < 4.78 is 2.06. The number of rotatable bonds is 6. The third-order valence-electron chi connectivity index (χ3n) is 4.06. The fraction of sp³-hybridized carbons (Fsp3) is 0.857. The summed E-state index contributed by atoms with van der Waals surface area (Å²) in [7, 11) is 0. The molecule has 1 N–H and O–H groups in total. The minimum Gasteiger partial charge on any atom is -0.312 e. The van der Waals surface area contributed by atoms with Crippen molar-refractivity contribution in [2.45, 2.75) is 64.5 Å². The summed E-state index contributed by atoms with van der Waals surface area (Å²) in [6.07, 6.45) is 11.3. The van der Waals surface area contributed by atoms with Crippen LogP contribution in [-0.4, -0.2) is 27.4 Å². The smallest absolute Gasteiger partial charge is 0.137 e. The lowest BCUT2D eigenvalue weighted by atomic mass is 9.80. The molecule has 0 bridgehead atoms. The van der Waals surface area contributed by atoms with Gasteiger partial charge < -0.3 is 5.32 Å². The Hall–Kier alpha value is -0.900. The molecular formula is C14H26N4. The van der Waals surface area contributed by atoms with E-state index in [1.54, 1.807) is 6.33 Å². The zero-order valence-electron chi connectivity index (χ0n) is 11.7. The van der Waals surface area contributed by atoms with E-state index in [9.17, 15) is 0 Å². The van der Waals surface area contributed by atoms with Crippen LogP contribution < -0.4 is 5.32 Å². The summed E-state index contributed by atoms with van der Waals surface area (Å²) in [5.74, 6) is 0.865. The fourth-order valence-electron chi connectivity index (χ4n) is 3.15. The second kappa shape index (κ2) is 6.88. The Morgan fingerprint density at radius 3 is 2.83 bits per heavy atom. The average molecular weight is 250 g/mol. The quantitative estimate of drug-likeness (QED) is 0.844. The molecule has 0 aromatic carbocycles. The summed E-state index contributed by atoms with van der Waals surface area (Å²) in [6.45, 7) is 5.61. The lowest BCUT2D eigenvalue weighted by molar-refractivity contribution is 0.186. The Morgan fingerprint density at radius 1 is 1.28 bits per heavy atom. The predicted molar refractivity (Wildman–Crippen MR) is 73.4 cm³/mol. The van der Waals surface area contributed by atoms with Crippen LogP contribution in [-0.2, 0) is 0 Å². The molecule has 18 heavy (non-hydrogen) atoms. The Labute approximate surface area is 110 Å². The first kappa shape index (κ1) is 13.5. The van der Waals surface area contributed by atoms with Gasteiger partial charge in [-0.3, -0.25) is 0 Å². The fourth-order valence-corrected chi connectivity index (χ4v) is 3.15. The number of nitrogens with zero attached hydrogens (tertiary/aromatic N) is 3. The highest BCUT2D eigenvalue weighted by Gasteiger charge is 2.31. The third kappa shape index (κ3) is 3.31. The molecule has 0 radical (unpaired) electrons. The molecule has 1 saturated carbocycles. The van der Waals surface area contributed by atoms with Gasteiger partial charge in [0, 0.05) is 6.04 Å². The molecule has 1 aliphatic rings. The van der Waals surface area contributed by atoms with Gasteiger partial charge in [-0.2, -0.15) is 5.10 Å². The minimum absolute atomic E-state index is 0.490. The highest BCUT2D eigenvalue weighted by molar-refractivity contribution is 4.88. The maximum absolute atomic E-state index is 4.36. The van der Waals surface area contributed by atoms with E-state index in [4.69, 9.17) is 0 Å². The van der Waals surface area contributed by atoms with Crippen molar-refractivity contribution in [3.8, 4) is 0 Å². The maximum Gasteiger partial charge on any atom is 0.137 e. The second-order valence-corrected chi connectivity index (χ2v) is 5.47. The van der Waals surface area contributed by atoms with Crippen LogP contribution in [0.25, 0.3) is 0 Å². The third-order valence-corrected chi connectivity index (χ3v) is 4.06. The number of hydrogen-bond acceptors (Lipinski definition) is 3. The predicted octanol–water partition coefficient (Wildman–Crippen LogP) is 2.79. The second-order valence-electron chi connectivity index (χ2n) is 5.47. The van der Waals surface area contributed by atoms with Gasteiger partial charge in [0.1, 0.15) is 12.7 Å². The Kier molecular flexibility index (Phi) is 5.17. The van der Waals surface area contributed by atoms with Gasteiger partial charge >= 0.3 is 0 Å². The van der Waals surface area contributed by atoms with E-state index >= 15 is 0 Å². The lowest BCUT2D eigenvalue weighted by Gasteiger charge is -2.36. The molecule has 3 atom stereocenters. The molecule has 1 heterocycles. The van der Waals surface area contributed by atoms with E-state index < -0.39 is 0 Å². The van der Waals surface area contributed by atoms with Crippen molar-refractivity contribution >= 4 is 0 Å². The van der Waals surface area contributed by atoms with Gasteiger partial charge in [0.25, 0.3) is 0 Å². The van der Waals surface area contributed by atoms with Crippen molar-refractivity contribution in [2.75, 3.05) is 6.54 Å². The first-order valence-corrected chi connectivity index (χ1v) is 7.42. The summed E-state index contributed by atoms with van der Waals surface area (Å²) in [6, 6.07) is 1.06. The molecule has 4 nitrogen and oxygen atoms in total. The van der Waals surface area contributed by atoms with Gasteiger partial charge in [0.15, 0.2) is 0 Å². The van der Waals surface area contributed by atoms with Crippen molar-refractivity contribution in [3.05, 3.63) is 12.7 Å². The molecule has 0 saturated heterocycles. The van der Waals surface area contributed by atoms with Crippen LogP contribution >= 0.6 is 0 Å². The minimum atomic E-state index is 0.490. The van der Waals surface area contributed by atoms with Gasteiger partial charge in [0.05, 0.1) is 6.04 Å². The van der Waals surface area contributed by atoms with Crippen molar-refractivity contribution < 1.29 is 0 Å². The summed E-state index contributed by atoms with van der Waals surface area (Å²) in [5, 5.41) is 8.04. The van der Waals surface area contributed by atoms with Crippen LogP contribution in [0.5, 0.6) is 0 Å². The molecule has 0 spiro atoms. The first-order valence-electron chi connectivity index (χ1n) is 7.42. The molecule has 4 heteroatoms. The van der Waals surface area contributed by atoms with Crippen molar-refractivity contribution in [2.24, 2.45) is 5.92 Å². The average Bonchev–Trinajstić information content (AvgIpc) is 2.91. The molecule has 1 aromatic rings. The van der Waals surface area contributed by atoms with Crippen LogP contribution in [0.1, 0.15) is 58.4 Å². The maximum atomic E-state index is 4.36. The summed E-state index contributed by atoms with van der Waals surface area (Å²) >= 11 is 0. The van der Waals surface area contributed by atoms with E-state index in [0.717, 1.165) is 12.5 Å². The van der Waals surface area contributed by atoms with Gasteiger partial charge in [-0.25, -0.2) is 9.67 Å². The summed E-state index contributed by atoms with van der Waals surface area (Å²) in [4.78, 5) is 4.11. The van der Waals surface area contributed by atoms with Crippen LogP contribution in [0.4, 0.5) is 0 Å². The monoisotopic (exact) mass is 250 g/mol. The van der Waals surface area contributed by atoms with Crippen molar-refractivity contribution in [1.29, 1.82) is 0 Å². The summed E-state index contributed by atoms with van der Waals surface area (Å²) in [5.41, 5.74) is 0. The number of hydrogen-bond donors (Lipinski definition) is 1. The highest BCUT2D eigenvalue weighted by atomic mass is 15.3. The van der Waals surface area contributed by atoms with Crippen molar-refractivity contribution in [3.63, 3.8) is 0 Å². The molecule has 102 valence electrons. The van der Waals surface area contributed by atoms with Crippen LogP contribution in [0.15, 0.2) is 12.7 Å². The Bertz CT molecular complexity index is 323.